The van der Waals surface area contributed by atoms with Crippen LogP contribution in [-0.2, 0) is 6.18 Å². The number of anilines is 2. The molecule has 0 radical (unpaired) electrons. The van der Waals surface area contributed by atoms with Gasteiger partial charge in [0.25, 0.3) is 0 Å². The van der Waals surface area contributed by atoms with Crippen LogP contribution >= 0.6 is 0 Å². The molecule has 0 amide bonds. The Bertz CT molecular complexity index is 642. The zero-order valence-electron chi connectivity index (χ0n) is 11.5. The van der Waals surface area contributed by atoms with Crippen LogP contribution in [0.2, 0.25) is 0 Å². The first kappa shape index (κ1) is 15.0. The molecule has 1 heterocycles. The molecule has 1 aromatic carbocycles. The van der Waals surface area contributed by atoms with Gasteiger partial charge in [-0.15, -0.1) is 0 Å². The lowest BCUT2D eigenvalue weighted by atomic mass is 10.2. The highest BCUT2D eigenvalue weighted by molar-refractivity contribution is 5.55. The van der Waals surface area contributed by atoms with Crippen LogP contribution in [0.1, 0.15) is 5.69 Å². The molecule has 2 aromatic rings. The van der Waals surface area contributed by atoms with Gasteiger partial charge in [0.05, 0.1) is 11.9 Å². The van der Waals surface area contributed by atoms with Gasteiger partial charge >= 0.3 is 6.18 Å². The summed E-state index contributed by atoms with van der Waals surface area (Å²) in [4.78, 5) is 5.11. The molecule has 21 heavy (non-hydrogen) atoms. The minimum Gasteiger partial charge on any atom is -0.455 e. The smallest absolute Gasteiger partial charge is 0.433 e. The lowest BCUT2D eigenvalue weighted by molar-refractivity contribution is -0.141. The summed E-state index contributed by atoms with van der Waals surface area (Å²) in [7, 11) is 3.70. The van der Waals surface area contributed by atoms with Crippen LogP contribution in [0, 0.1) is 0 Å². The molecule has 0 atom stereocenters. The van der Waals surface area contributed by atoms with Crippen molar-refractivity contribution >= 4 is 11.4 Å². The van der Waals surface area contributed by atoms with E-state index in [1.807, 2.05) is 25.1 Å². The van der Waals surface area contributed by atoms with Crippen LogP contribution in [0.4, 0.5) is 24.5 Å². The van der Waals surface area contributed by atoms with Crippen molar-refractivity contribution in [3.05, 3.63) is 42.2 Å². The van der Waals surface area contributed by atoms with Crippen LogP contribution in [0.3, 0.4) is 0 Å². The van der Waals surface area contributed by atoms with Gasteiger partial charge in [-0.2, -0.15) is 13.2 Å². The average Bonchev–Trinajstić information content (AvgIpc) is 2.40. The van der Waals surface area contributed by atoms with Crippen LogP contribution in [0.5, 0.6) is 11.5 Å². The maximum Gasteiger partial charge on any atom is 0.433 e. The quantitative estimate of drug-likeness (QED) is 0.941. The van der Waals surface area contributed by atoms with Crippen molar-refractivity contribution in [3.63, 3.8) is 0 Å². The third kappa shape index (κ3) is 3.56. The average molecular weight is 297 g/mol. The Balaban J connectivity index is 2.33. The molecule has 0 aliphatic carbocycles. The van der Waals surface area contributed by atoms with Crippen LogP contribution in [-0.4, -0.2) is 19.1 Å². The maximum atomic E-state index is 12.6. The number of pyridine rings is 1. The number of benzene rings is 1. The van der Waals surface area contributed by atoms with Crippen molar-refractivity contribution in [3.8, 4) is 11.5 Å². The predicted octanol–water partition coefficient (Wildman–Crippen LogP) is 3.54. The number of nitrogens with two attached hydrogens (primary N) is 1. The fourth-order valence-corrected chi connectivity index (χ4v) is 1.64. The first-order valence-electron chi connectivity index (χ1n) is 6.05. The van der Waals surface area contributed by atoms with Crippen LogP contribution in [0.15, 0.2) is 36.5 Å². The largest absolute Gasteiger partial charge is 0.455 e. The highest BCUT2D eigenvalue weighted by atomic mass is 19.4. The van der Waals surface area contributed by atoms with E-state index in [1.165, 1.54) is 0 Å². The maximum absolute atomic E-state index is 12.6. The summed E-state index contributed by atoms with van der Waals surface area (Å²) in [6, 6.07) is 7.72. The van der Waals surface area contributed by atoms with Gasteiger partial charge in [-0.05, 0) is 12.1 Å². The first-order chi connectivity index (χ1) is 9.77. The number of hydrogen-bond acceptors (Lipinski definition) is 4. The molecule has 112 valence electrons. The minimum absolute atomic E-state index is 0.0401. The molecule has 2 rings (SSSR count). The van der Waals surface area contributed by atoms with Gasteiger partial charge in [0.1, 0.15) is 11.4 Å². The van der Waals surface area contributed by atoms with E-state index in [2.05, 4.69) is 4.98 Å². The molecule has 0 bridgehead atoms. The van der Waals surface area contributed by atoms with Crippen molar-refractivity contribution in [2.45, 2.75) is 6.18 Å². The first-order valence-corrected chi connectivity index (χ1v) is 6.05. The lowest BCUT2D eigenvalue weighted by Gasteiger charge is -2.15. The fourth-order valence-electron chi connectivity index (χ4n) is 1.64. The number of nitrogen functional groups attached to an aromatic ring is 1. The molecule has 0 saturated heterocycles. The van der Waals surface area contributed by atoms with Gasteiger partial charge in [0.2, 0.25) is 0 Å². The Hall–Kier alpha value is -2.44. The van der Waals surface area contributed by atoms with Gasteiger partial charge in [0, 0.05) is 31.9 Å². The lowest BCUT2D eigenvalue weighted by Crippen LogP contribution is -2.09. The van der Waals surface area contributed by atoms with Crippen molar-refractivity contribution in [1.29, 1.82) is 0 Å². The number of nitrogens with zero attached hydrogens (tertiary/aromatic N) is 2. The van der Waals surface area contributed by atoms with Gasteiger partial charge in [-0.25, -0.2) is 4.98 Å². The third-order valence-corrected chi connectivity index (χ3v) is 2.75. The van der Waals surface area contributed by atoms with E-state index >= 15 is 0 Å². The molecule has 0 saturated carbocycles. The molecule has 0 spiro atoms. The minimum atomic E-state index is -4.54. The van der Waals surface area contributed by atoms with E-state index in [0.717, 1.165) is 18.0 Å². The summed E-state index contributed by atoms with van der Waals surface area (Å²) in [6.07, 6.45) is -3.61. The summed E-state index contributed by atoms with van der Waals surface area (Å²) in [5.41, 5.74) is 5.46. The predicted molar refractivity (Wildman–Crippen MR) is 74.5 cm³/mol. The van der Waals surface area contributed by atoms with Gasteiger partial charge in [-0.3, -0.25) is 0 Å². The molecule has 7 heteroatoms. The summed E-state index contributed by atoms with van der Waals surface area (Å²) in [5, 5.41) is 0. The van der Waals surface area contributed by atoms with Gasteiger partial charge < -0.3 is 15.4 Å². The van der Waals surface area contributed by atoms with E-state index in [9.17, 15) is 13.2 Å². The molecule has 0 aliphatic rings. The molecule has 2 N–H and O–H groups in total. The molecular formula is C14H14F3N3O. The Labute approximate surface area is 120 Å². The zero-order chi connectivity index (χ0) is 15.6. The third-order valence-electron chi connectivity index (χ3n) is 2.75. The molecule has 0 aliphatic heterocycles. The number of ether oxygens (including phenoxy) is 1. The van der Waals surface area contributed by atoms with Crippen LogP contribution < -0.4 is 15.4 Å². The van der Waals surface area contributed by atoms with Crippen molar-refractivity contribution in [2.24, 2.45) is 0 Å². The number of aromatic nitrogens is 1. The topological polar surface area (TPSA) is 51.4 Å². The fraction of sp³-hybridized carbons (Fsp3) is 0.214. The summed E-state index contributed by atoms with van der Waals surface area (Å²) < 4.78 is 43.4. The van der Waals surface area contributed by atoms with Crippen molar-refractivity contribution < 1.29 is 17.9 Å². The number of rotatable bonds is 3. The molecule has 0 unspecified atom stereocenters. The van der Waals surface area contributed by atoms with E-state index < -0.39 is 11.9 Å². The Kier molecular flexibility index (Phi) is 3.93. The SMILES string of the molecule is CN(C)c1cccc(Oc2cc(C(F)(F)F)ncc2N)c1. The van der Waals surface area contributed by atoms with Gasteiger partial charge in [-0.1, -0.05) is 6.07 Å². The highest BCUT2D eigenvalue weighted by Crippen LogP contribution is 2.34. The Morgan fingerprint density at radius 3 is 2.52 bits per heavy atom. The van der Waals surface area contributed by atoms with E-state index in [1.54, 1.807) is 18.2 Å². The van der Waals surface area contributed by atoms with E-state index in [-0.39, 0.29) is 11.4 Å². The van der Waals surface area contributed by atoms with Crippen molar-refractivity contribution in [2.75, 3.05) is 24.7 Å². The second-order valence-corrected chi connectivity index (χ2v) is 4.60. The highest BCUT2D eigenvalue weighted by Gasteiger charge is 2.33. The van der Waals surface area contributed by atoms with E-state index in [4.69, 9.17) is 10.5 Å². The number of halogens is 3. The summed E-state index contributed by atoms with van der Waals surface area (Å²) >= 11 is 0. The van der Waals surface area contributed by atoms with E-state index in [0.29, 0.717) is 5.75 Å². The second kappa shape index (κ2) is 5.51. The van der Waals surface area contributed by atoms with Crippen LogP contribution in [0.25, 0.3) is 0 Å². The molecule has 0 fully saturated rings. The molecule has 4 nitrogen and oxygen atoms in total. The standard InChI is InChI=1S/C14H14F3N3O/c1-20(2)9-4-3-5-10(6-9)21-12-7-13(14(15,16)17)19-8-11(12)18/h3-8H,18H2,1-2H3. The Morgan fingerprint density at radius 1 is 1.19 bits per heavy atom. The van der Waals surface area contributed by atoms with Crippen molar-refractivity contribution in [1.82, 2.24) is 4.98 Å². The zero-order valence-corrected chi connectivity index (χ0v) is 11.5. The summed E-state index contributed by atoms with van der Waals surface area (Å²) in [6.45, 7) is 0. The number of alkyl halides is 3. The second-order valence-electron chi connectivity index (χ2n) is 4.60. The summed E-state index contributed by atoms with van der Waals surface area (Å²) in [5.74, 6) is 0.320. The Morgan fingerprint density at radius 2 is 1.90 bits per heavy atom. The monoisotopic (exact) mass is 297 g/mol. The normalized spacial score (nSPS) is 11.3. The molecule has 1 aromatic heterocycles. The molecular weight excluding hydrogens is 283 g/mol. The van der Waals surface area contributed by atoms with Gasteiger partial charge in [0.15, 0.2) is 5.75 Å². The number of hydrogen-bond donors (Lipinski definition) is 1.